The van der Waals surface area contributed by atoms with Gasteiger partial charge in [0.15, 0.2) is 5.96 Å². The Morgan fingerprint density at radius 3 is 2.71 bits per heavy atom. The monoisotopic (exact) mass is 332 g/mol. The van der Waals surface area contributed by atoms with E-state index in [1.807, 2.05) is 18.2 Å². The molecule has 24 heavy (non-hydrogen) atoms. The summed E-state index contributed by atoms with van der Waals surface area (Å²) in [5.41, 5.74) is 1.16. The van der Waals surface area contributed by atoms with Crippen molar-refractivity contribution in [1.29, 1.82) is 0 Å². The van der Waals surface area contributed by atoms with Crippen molar-refractivity contribution in [2.24, 2.45) is 4.99 Å². The third-order valence-corrected chi connectivity index (χ3v) is 4.36. The van der Waals surface area contributed by atoms with Gasteiger partial charge in [0.05, 0.1) is 6.54 Å². The molecule has 134 valence electrons. The Morgan fingerprint density at radius 2 is 2.08 bits per heavy atom. The molecule has 0 saturated heterocycles. The van der Waals surface area contributed by atoms with Crippen LogP contribution >= 0.6 is 0 Å². The summed E-state index contributed by atoms with van der Waals surface area (Å²) in [6.45, 7) is 10.2. The lowest BCUT2D eigenvalue weighted by atomic mass is 10.2. The number of hydrogen-bond donors (Lipinski definition) is 2. The van der Waals surface area contributed by atoms with E-state index < -0.39 is 0 Å². The molecule has 0 radical (unpaired) electrons. The smallest absolute Gasteiger partial charge is 0.191 e. The van der Waals surface area contributed by atoms with Crippen molar-refractivity contribution in [3.8, 4) is 5.75 Å². The molecular formula is C19H32N4O. The first-order chi connectivity index (χ1) is 11.6. The van der Waals surface area contributed by atoms with E-state index in [2.05, 4.69) is 47.4 Å². The summed E-state index contributed by atoms with van der Waals surface area (Å²) in [5.74, 6) is 1.78. The van der Waals surface area contributed by atoms with Crippen LogP contribution in [0.4, 0.5) is 0 Å². The Bertz CT molecular complexity index is 528. The first-order valence-corrected chi connectivity index (χ1v) is 9.04. The van der Waals surface area contributed by atoms with Crippen LogP contribution in [0.1, 0.15) is 32.3 Å². The average Bonchev–Trinajstić information content (AvgIpc) is 3.41. The minimum atomic E-state index is 0.0725. The quantitative estimate of drug-likeness (QED) is 0.539. The van der Waals surface area contributed by atoms with Crippen molar-refractivity contribution in [2.75, 3.05) is 33.2 Å². The fraction of sp³-hybridized carbons (Fsp3) is 0.632. The van der Waals surface area contributed by atoms with Crippen LogP contribution in [0.25, 0.3) is 0 Å². The van der Waals surface area contributed by atoms with Gasteiger partial charge < -0.3 is 15.4 Å². The van der Waals surface area contributed by atoms with E-state index in [1.165, 1.54) is 12.8 Å². The Hall–Kier alpha value is -1.75. The highest BCUT2D eigenvalue weighted by Gasteiger charge is 2.27. The van der Waals surface area contributed by atoms with Gasteiger partial charge in [0.2, 0.25) is 0 Å². The molecule has 0 heterocycles. The molecule has 5 heteroatoms. The minimum absolute atomic E-state index is 0.0725. The van der Waals surface area contributed by atoms with Crippen molar-refractivity contribution < 1.29 is 4.74 Å². The molecular weight excluding hydrogens is 300 g/mol. The van der Waals surface area contributed by atoms with Gasteiger partial charge in [0.25, 0.3) is 0 Å². The standard InChI is InChI=1S/C19H32N4O/c1-5-23(17-10-11-17)13-12-21-19(20-4)22-14-16(3)24-18-9-7-6-8-15(18)2/h6-9,16-17H,5,10-14H2,1-4H3,(H2,20,21,22). The molecule has 0 aromatic heterocycles. The maximum Gasteiger partial charge on any atom is 0.191 e. The zero-order valence-electron chi connectivity index (χ0n) is 15.5. The second-order valence-electron chi connectivity index (χ2n) is 6.43. The number of nitrogens with zero attached hydrogens (tertiary/aromatic N) is 2. The van der Waals surface area contributed by atoms with E-state index in [1.54, 1.807) is 7.05 Å². The largest absolute Gasteiger partial charge is 0.489 e. The lowest BCUT2D eigenvalue weighted by Gasteiger charge is -2.22. The van der Waals surface area contributed by atoms with Crippen LogP contribution < -0.4 is 15.4 Å². The van der Waals surface area contributed by atoms with E-state index >= 15 is 0 Å². The highest BCUT2D eigenvalue weighted by atomic mass is 16.5. The number of benzene rings is 1. The zero-order valence-corrected chi connectivity index (χ0v) is 15.5. The molecule has 1 saturated carbocycles. The SMILES string of the molecule is CCN(CCNC(=NC)NCC(C)Oc1ccccc1C)C1CC1. The molecule has 0 amide bonds. The molecule has 1 aliphatic rings. The molecule has 0 bridgehead atoms. The molecule has 2 N–H and O–H groups in total. The van der Waals surface area contributed by atoms with Gasteiger partial charge in [-0.15, -0.1) is 0 Å². The number of nitrogens with one attached hydrogen (secondary N) is 2. The number of para-hydroxylation sites is 1. The third-order valence-electron chi connectivity index (χ3n) is 4.36. The summed E-state index contributed by atoms with van der Waals surface area (Å²) in [7, 11) is 1.81. The van der Waals surface area contributed by atoms with Gasteiger partial charge in [-0.25, -0.2) is 0 Å². The molecule has 5 nitrogen and oxygen atoms in total. The topological polar surface area (TPSA) is 48.9 Å². The van der Waals surface area contributed by atoms with Crippen LogP contribution in [0.3, 0.4) is 0 Å². The Kier molecular flexibility index (Phi) is 7.37. The van der Waals surface area contributed by atoms with Crippen LogP contribution in [0.2, 0.25) is 0 Å². The third kappa shape index (κ3) is 6.04. The molecule has 1 aromatic carbocycles. The number of aryl methyl sites for hydroxylation is 1. The Labute approximate surface area is 146 Å². The van der Waals surface area contributed by atoms with E-state index in [-0.39, 0.29) is 6.10 Å². The predicted molar refractivity (Wildman–Crippen MR) is 101 cm³/mol. The summed E-state index contributed by atoms with van der Waals surface area (Å²) in [6.07, 6.45) is 2.78. The van der Waals surface area contributed by atoms with Gasteiger partial charge in [-0.05, 0) is 44.9 Å². The number of ether oxygens (including phenoxy) is 1. The summed E-state index contributed by atoms with van der Waals surface area (Å²) in [4.78, 5) is 6.82. The van der Waals surface area contributed by atoms with Gasteiger partial charge in [0.1, 0.15) is 11.9 Å². The first-order valence-electron chi connectivity index (χ1n) is 9.04. The number of hydrogen-bond acceptors (Lipinski definition) is 3. The fourth-order valence-electron chi connectivity index (χ4n) is 2.76. The van der Waals surface area contributed by atoms with Crippen molar-refractivity contribution in [2.45, 2.75) is 45.8 Å². The number of aliphatic imine (C=N–C) groups is 1. The van der Waals surface area contributed by atoms with Crippen molar-refractivity contribution >= 4 is 5.96 Å². The van der Waals surface area contributed by atoms with Crippen LogP contribution in [0.15, 0.2) is 29.3 Å². The Balaban J connectivity index is 1.68. The van der Waals surface area contributed by atoms with Gasteiger partial charge in [-0.1, -0.05) is 25.1 Å². The zero-order chi connectivity index (χ0) is 17.4. The molecule has 1 aromatic rings. The summed E-state index contributed by atoms with van der Waals surface area (Å²) < 4.78 is 5.99. The molecule has 1 aliphatic carbocycles. The fourth-order valence-corrected chi connectivity index (χ4v) is 2.76. The molecule has 2 rings (SSSR count). The lowest BCUT2D eigenvalue weighted by molar-refractivity contribution is 0.222. The molecule has 0 aliphatic heterocycles. The Morgan fingerprint density at radius 1 is 1.33 bits per heavy atom. The molecule has 0 spiro atoms. The average molecular weight is 332 g/mol. The molecule has 1 atom stereocenters. The summed E-state index contributed by atoms with van der Waals surface area (Å²) in [6, 6.07) is 8.92. The van der Waals surface area contributed by atoms with Gasteiger partial charge in [-0.3, -0.25) is 9.89 Å². The first kappa shape index (κ1) is 18.6. The second kappa shape index (κ2) is 9.52. The normalized spacial score (nSPS) is 16.1. The van der Waals surface area contributed by atoms with Crippen LogP contribution in [-0.2, 0) is 0 Å². The predicted octanol–water partition coefficient (Wildman–Crippen LogP) is 2.41. The van der Waals surface area contributed by atoms with Crippen molar-refractivity contribution in [1.82, 2.24) is 15.5 Å². The number of likely N-dealkylation sites (N-methyl/N-ethyl adjacent to an activating group) is 1. The van der Waals surface area contributed by atoms with E-state index in [4.69, 9.17) is 4.74 Å². The van der Waals surface area contributed by atoms with Gasteiger partial charge in [0, 0.05) is 26.2 Å². The van der Waals surface area contributed by atoms with Gasteiger partial charge in [-0.2, -0.15) is 0 Å². The second-order valence-corrected chi connectivity index (χ2v) is 6.43. The number of rotatable bonds is 9. The lowest BCUT2D eigenvalue weighted by Crippen LogP contribution is -2.44. The molecule has 1 fully saturated rings. The van der Waals surface area contributed by atoms with E-state index in [0.717, 1.165) is 42.9 Å². The summed E-state index contributed by atoms with van der Waals surface area (Å²) in [5, 5.41) is 6.73. The number of guanidine groups is 1. The van der Waals surface area contributed by atoms with Crippen molar-refractivity contribution in [3.63, 3.8) is 0 Å². The van der Waals surface area contributed by atoms with Gasteiger partial charge >= 0.3 is 0 Å². The maximum absolute atomic E-state index is 5.99. The molecule has 1 unspecified atom stereocenters. The maximum atomic E-state index is 5.99. The highest BCUT2D eigenvalue weighted by Crippen LogP contribution is 2.25. The van der Waals surface area contributed by atoms with E-state index in [0.29, 0.717) is 6.54 Å². The minimum Gasteiger partial charge on any atom is -0.489 e. The summed E-state index contributed by atoms with van der Waals surface area (Å²) >= 11 is 0. The van der Waals surface area contributed by atoms with Crippen LogP contribution in [-0.4, -0.2) is 56.2 Å². The van der Waals surface area contributed by atoms with Crippen LogP contribution in [0, 0.1) is 6.92 Å². The van der Waals surface area contributed by atoms with Crippen molar-refractivity contribution in [3.05, 3.63) is 29.8 Å². The van der Waals surface area contributed by atoms with E-state index in [9.17, 15) is 0 Å². The highest BCUT2D eigenvalue weighted by molar-refractivity contribution is 5.79. The van der Waals surface area contributed by atoms with Crippen LogP contribution in [0.5, 0.6) is 5.75 Å².